The Hall–Kier alpha value is -2.90. The number of primary amides is 1. The molecule has 4 N–H and O–H groups in total. The molecule has 24 heavy (non-hydrogen) atoms. The minimum absolute atomic E-state index is 0.0838. The number of carbonyl (C=O) groups is 2. The van der Waals surface area contributed by atoms with E-state index in [0.29, 0.717) is 18.7 Å². The van der Waals surface area contributed by atoms with Crippen LogP contribution < -0.4 is 16.4 Å². The normalized spacial score (nSPS) is 11.8. The van der Waals surface area contributed by atoms with Crippen molar-refractivity contribution in [2.24, 2.45) is 11.7 Å². The third-order valence-electron chi connectivity index (χ3n) is 3.52. The molecular formula is C16H20FN5O2. The van der Waals surface area contributed by atoms with E-state index in [2.05, 4.69) is 15.7 Å². The Morgan fingerprint density at radius 1 is 1.33 bits per heavy atom. The number of aromatic nitrogens is 2. The minimum atomic E-state index is -0.584. The standard InChI is InChI=1S/C16H20FN5O2/c1-2-22-10-14(9-20-22)21-16(24)19-8-12(15(18)23)7-11-3-5-13(17)6-4-11/h3-6,9-10,12H,2,7-8H2,1H3,(H2,18,23)(H2,19,21,24)/t12-/m0/s1. The van der Waals surface area contributed by atoms with Crippen LogP contribution in [0, 0.1) is 11.7 Å². The topological polar surface area (TPSA) is 102 Å². The molecule has 0 aliphatic carbocycles. The van der Waals surface area contributed by atoms with Gasteiger partial charge in [0, 0.05) is 19.3 Å². The number of amides is 3. The fourth-order valence-electron chi connectivity index (χ4n) is 2.17. The number of urea groups is 1. The monoisotopic (exact) mass is 333 g/mol. The molecule has 2 rings (SSSR count). The number of nitrogens with one attached hydrogen (secondary N) is 2. The van der Waals surface area contributed by atoms with Gasteiger partial charge in [-0.15, -0.1) is 0 Å². The number of rotatable bonds is 7. The molecule has 0 saturated carbocycles. The lowest BCUT2D eigenvalue weighted by atomic mass is 9.98. The van der Waals surface area contributed by atoms with E-state index < -0.39 is 17.9 Å². The maximum atomic E-state index is 12.9. The van der Waals surface area contributed by atoms with Gasteiger partial charge in [-0.3, -0.25) is 9.48 Å². The van der Waals surface area contributed by atoms with Crippen LogP contribution in [0.3, 0.4) is 0 Å². The first-order valence-corrected chi connectivity index (χ1v) is 7.59. The van der Waals surface area contributed by atoms with Crippen molar-refractivity contribution in [3.8, 4) is 0 Å². The van der Waals surface area contributed by atoms with Crippen LogP contribution in [0.1, 0.15) is 12.5 Å². The van der Waals surface area contributed by atoms with E-state index in [1.54, 1.807) is 23.0 Å². The van der Waals surface area contributed by atoms with Crippen molar-refractivity contribution in [1.29, 1.82) is 0 Å². The lowest BCUT2D eigenvalue weighted by molar-refractivity contribution is -0.121. The van der Waals surface area contributed by atoms with Gasteiger partial charge in [-0.05, 0) is 31.0 Å². The highest BCUT2D eigenvalue weighted by Crippen LogP contribution is 2.10. The maximum Gasteiger partial charge on any atom is 0.319 e. The van der Waals surface area contributed by atoms with Crippen molar-refractivity contribution in [2.45, 2.75) is 19.9 Å². The van der Waals surface area contributed by atoms with Crippen LogP contribution in [0.2, 0.25) is 0 Å². The summed E-state index contributed by atoms with van der Waals surface area (Å²) in [6.07, 6.45) is 3.56. The molecular weight excluding hydrogens is 313 g/mol. The van der Waals surface area contributed by atoms with E-state index >= 15 is 0 Å². The van der Waals surface area contributed by atoms with Gasteiger partial charge in [0.05, 0.1) is 17.8 Å². The Kier molecular flexibility index (Phi) is 5.89. The summed E-state index contributed by atoms with van der Waals surface area (Å²) < 4.78 is 14.6. The Bertz CT molecular complexity index is 699. The van der Waals surface area contributed by atoms with Crippen molar-refractivity contribution in [3.05, 3.63) is 48.0 Å². The minimum Gasteiger partial charge on any atom is -0.369 e. The SMILES string of the molecule is CCn1cc(NC(=O)NC[C@H](Cc2ccc(F)cc2)C(N)=O)cn1. The zero-order valence-corrected chi connectivity index (χ0v) is 13.3. The Balaban J connectivity index is 1.87. The van der Waals surface area contributed by atoms with Gasteiger partial charge in [0.2, 0.25) is 5.91 Å². The number of nitrogens with two attached hydrogens (primary N) is 1. The van der Waals surface area contributed by atoms with Crippen LogP contribution in [0.4, 0.5) is 14.9 Å². The number of hydrogen-bond donors (Lipinski definition) is 3. The van der Waals surface area contributed by atoms with Crippen LogP contribution in [-0.2, 0) is 17.8 Å². The number of halogens is 1. The molecule has 8 heteroatoms. The summed E-state index contributed by atoms with van der Waals surface area (Å²) in [5, 5.41) is 9.28. The van der Waals surface area contributed by atoms with Crippen molar-refractivity contribution >= 4 is 17.6 Å². The molecule has 0 unspecified atom stereocenters. The van der Waals surface area contributed by atoms with Crippen molar-refractivity contribution in [3.63, 3.8) is 0 Å². The number of hydrogen-bond acceptors (Lipinski definition) is 3. The highest BCUT2D eigenvalue weighted by molar-refractivity contribution is 5.89. The molecule has 0 saturated heterocycles. The number of carbonyl (C=O) groups excluding carboxylic acids is 2. The first-order valence-electron chi connectivity index (χ1n) is 7.59. The average Bonchev–Trinajstić information content (AvgIpc) is 3.00. The van der Waals surface area contributed by atoms with Gasteiger partial charge in [-0.2, -0.15) is 5.10 Å². The Labute approximate surface area is 139 Å². The zero-order valence-electron chi connectivity index (χ0n) is 13.3. The molecule has 128 valence electrons. The summed E-state index contributed by atoms with van der Waals surface area (Å²) in [4.78, 5) is 23.4. The third-order valence-corrected chi connectivity index (χ3v) is 3.52. The predicted molar refractivity (Wildman–Crippen MR) is 87.7 cm³/mol. The molecule has 0 aliphatic rings. The maximum absolute atomic E-state index is 12.9. The summed E-state index contributed by atoms with van der Waals surface area (Å²) >= 11 is 0. The second-order valence-corrected chi connectivity index (χ2v) is 5.35. The Morgan fingerprint density at radius 3 is 2.62 bits per heavy atom. The molecule has 1 aromatic heterocycles. The Morgan fingerprint density at radius 2 is 2.04 bits per heavy atom. The van der Waals surface area contributed by atoms with Crippen LogP contribution >= 0.6 is 0 Å². The first-order chi connectivity index (χ1) is 11.5. The van der Waals surface area contributed by atoms with E-state index in [1.165, 1.54) is 18.3 Å². The molecule has 0 fully saturated rings. The van der Waals surface area contributed by atoms with Crippen molar-refractivity contribution in [1.82, 2.24) is 15.1 Å². The zero-order chi connectivity index (χ0) is 17.5. The molecule has 7 nitrogen and oxygen atoms in total. The summed E-state index contributed by atoms with van der Waals surface area (Å²) in [6, 6.07) is 5.36. The van der Waals surface area contributed by atoms with Gasteiger partial charge in [0.25, 0.3) is 0 Å². The van der Waals surface area contributed by atoms with E-state index in [4.69, 9.17) is 5.73 Å². The molecule has 0 aliphatic heterocycles. The van der Waals surface area contributed by atoms with E-state index in [1.807, 2.05) is 6.92 Å². The van der Waals surface area contributed by atoms with Gasteiger partial charge in [-0.25, -0.2) is 9.18 Å². The van der Waals surface area contributed by atoms with E-state index in [-0.39, 0.29) is 12.4 Å². The van der Waals surface area contributed by atoms with Gasteiger partial charge < -0.3 is 16.4 Å². The molecule has 1 heterocycles. The van der Waals surface area contributed by atoms with Gasteiger partial charge >= 0.3 is 6.03 Å². The largest absolute Gasteiger partial charge is 0.369 e. The number of anilines is 1. The molecule has 0 spiro atoms. The smallest absolute Gasteiger partial charge is 0.319 e. The summed E-state index contributed by atoms with van der Waals surface area (Å²) in [7, 11) is 0. The van der Waals surface area contributed by atoms with Crippen LogP contribution in [0.25, 0.3) is 0 Å². The van der Waals surface area contributed by atoms with Gasteiger partial charge in [0.1, 0.15) is 5.82 Å². The fourth-order valence-corrected chi connectivity index (χ4v) is 2.17. The van der Waals surface area contributed by atoms with Crippen molar-refractivity contribution < 1.29 is 14.0 Å². The second kappa shape index (κ2) is 8.09. The number of benzene rings is 1. The summed E-state index contributed by atoms with van der Waals surface area (Å²) in [5.74, 6) is -1.46. The molecule has 2 aromatic rings. The molecule has 0 radical (unpaired) electrons. The summed E-state index contributed by atoms with van der Waals surface area (Å²) in [5.41, 5.74) is 6.71. The fraction of sp³-hybridized carbons (Fsp3) is 0.312. The average molecular weight is 333 g/mol. The third kappa shape index (κ3) is 5.08. The lowest BCUT2D eigenvalue weighted by Gasteiger charge is -2.14. The van der Waals surface area contributed by atoms with Crippen LogP contribution in [-0.4, -0.2) is 28.3 Å². The predicted octanol–water partition coefficient (Wildman–Crippen LogP) is 1.51. The van der Waals surface area contributed by atoms with E-state index in [9.17, 15) is 14.0 Å². The molecule has 1 aromatic carbocycles. The number of aryl methyl sites for hydroxylation is 1. The first kappa shape index (κ1) is 17.5. The van der Waals surface area contributed by atoms with Gasteiger partial charge in [-0.1, -0.05) is 12.1 Å². The highest BCUT2D eigenvalue weighted by Gasteiger charge is 2.17. The van der Waals surface area contributed by atoms with E-state index in [0.717, 1.165) is 5.56 Å². The molecule has 0 bridgehead atoms. The quantitative estimate of drug-likeness (QED) is 0.715. The molecule has 1 atom stereocenters. The molecule has 3 amide bonds. The van der Waals surface area contributed by atoms with Crippen LogP contribution in [0.5, 0.6) is 0 Å². The van der Waals surface area contributed by atoms with Crippen molar-refractivity contribution in [2.75, 3.05) is 11.9 Å². The highest BCUT2D eigenvalue weighted by atomic mass is 19.1. The van der Waals surface area contributed by atoms with Gasteiger partial charge in [0.15, 0.2) is 0 Å². The van der Waals surface area contributed by atoms with Crippen LogP contribution in [0.15, 0.2) is 36.7 Å². The number of nitrogens with zero attached hydrogens (tertiary/aromatic N) is 2. The lowest BCUT2D eigenvalue weighted by Crippen LogP contribution is -2.39. The summed E-state index contributed by atoms with van der Waals surface area (Å²) in [6.45, 7) is 2.72. The second-order valence-electron chi connectivity index (χ2n) is 5.35.